The first-order valence-electron chi connectivity index (χ1n) is 6.11. The lowest BCUT2D eigenvalue weighted by molar-refractivity contribution is 0.160. The van der Waals surface area contributed by atoms with Crippen LogP contribution in [0, 0.1) is 5.82 Å². The third-order valence-corrected chi connectivity index (χ3v) is 4.08. The molecule has 0 aliphatic carbocycles. The van der Waals surface area contributed by atoms with Crippen LogP contribution in [0.1, 0.15) is 29.7 Å². The molecular formula is C15H13BrFNO. The van der Waals surface area contributed by atoms with Crippen LogP contribution in [0.4, 0.5) is 4.39 Å². The minimum absolute atomic E-state index is 0.108. The molecule has 2 aromatic carbocycles. The molecule has 0 saturated heterocycles. The van der Waals surface area contributed by atoms with Gasteiger partial charge in [0, 0.05) is 28.1 Å². The van der Waals surface area contributed by atoms with Gasteiger partial charge in [-0.05, 0) is 24.3 Å². The van der Waals surface area contributed by atoms with Crippen LogP contribution in [0.15, 0.2) is 46.9 Å². The molecule has 1 aliphatic rings. The molecule has 98 valence electrons. The summed E-state index contributed by atoms with van der Waals surface area (Å²) in [6.07, 6.45) is 0.530. The normalized spacial score (nSPS) is 21.6. The van der Waals surface area contributed by atoms with Gasteiger partial charge in [0.05, 0.1) is 0 Å². The highest BCUT2D eigenvalue weighted by Crippen LogP contribution is 2.41. The third-order valence-electron chi connectivity index (χ3n) is 3.36. The first kappa shape index (κ1) is 12.6. The van der Waals surface area contributed by atoms with Crippen molar-refractivity contribution in [2.45, 2.75) is 18.6 Å². The largest absolute Gasteiger partial charge is 0.485 e. The van der Waals surface area contributed by atoms with Crippen molar-refractivity contribution in [3.8, 4) is 5.75 Å². The Labute approximate surface area is 119 Å². The van der Waals surface area contributed by atoms with Crippen molar-refractivity contribution in [2.75, 3.05) is 0 Å². The van der Waals surface area contributed by atoms with Crippen LogP contribution in [0.5, 0.6) is 5.75 Å². The van der Waals surface area contributed by atoms with E-state index in [9.17, 15) is 4.39 Å². The van der Waals surface area contributed by atoms with Gasteiger partial charge < -0.3 is 10.5 Å². The molecular weight excluding hydrogens is 309 g/mol. The van der Waals surface area contributed by atoms with Gasteiger partial charge in [-0.2, -0.15) is 0 Å². The molecule has 4 heteroatoms. The summed E-state index contributed by atoms with van der Waals surface area (Å²) >= 11 is 3.52. The Balaban J connectivity index is 1.97. The van der Waals surface area contributed by atoms with Gasteiger partial charge in [0.25, 0.3) is 0 Å². The van der Waals surface area contributed by atoms with Crippen molar-refractivity contribution in [1.29, 1.82) is 0 Å². The second kappa shape index (κ2) is 4.94. The number of benzene rings is 2. The average molecular weight is 322 g/mol. The highest BCUT2D eigenvalue weighted by molar-refractivity contribution is 9.10. The van der Waals surface area contributed by atoms with E-state index in [0.29, 0.717) is 12.2 Å². The molecule has 3 rings (SSSR count). The van der Waals surface area contributed by atoms with Gasteiger partial charge in [0.15, 0.2) is 0 Å². The van der Waals surface area contributed by atoms with E-state index in [2.05, 4.69) is 15.9 Å². The minimum atomic E-state index is -0.280. The summed E-state index contributed by atoms with van der Waals surface area (Å²) in [6.45, 7) is 0. The number of hydrogen-bond donors (Lipinski definition) is 1. The first-order chi connectivity index (χ1) is 9.15. The molecule has 0 bridgehead atoms. The van der Waals surface area contributed by atoms with E-state index in [1.54, 1.807) is 6.07 Å². The monoisotopic (exact) mass is 321 g/mol. The summed E-state index contributed by atoms with van der Waals surface area (Å²) in [7, 11) is 0. The smallest absolute Gasteiger partial charge is 0.127 e. The quantitative estimate of drug-likeness (QED) is 0.857. The molecule has 0 aromatic heterocycles. The van der Waals surface area contributed by atoms with Crippen molar-refractivity contribution in [2.24, 2.45) is 5.73 Å². The van der Waals surface area contributed by atoms with Gasteiger partial charge in [-0.3, -0.25) is 0 Å². The predicted octanol–water partition coefficient (Wildman–Crippen LogP) is 4.11. The fourth-order valence-corrected chi connectivity index (χ4v) is 2.94. The molecule has 19 heavy (non-hydrogen) atoms. The van der Waals surface area contributed by atoms with Crippen LogP contribution >= 0.6 is 15.9 Å². The molecule has 2 atom stereocenters. The molecule has 1 aliphatic heterocycles. The van der Waals surface area contributed by atoms with Crippen molar-refractivity contribution in [3.63, 3.8) is 0 Å². The van der Waals surface area contributed by atoms with Crippen LogP contribution in [0.2, 0.25) is 0 Å². The molecule has 0 radical (unpaired) electrons. The lowest BCUT2D eigenvalue weighted by atomic mass is 9.93. The minimum Gasteiger partial charge on any atom is -0.485 e. The molecule has 0 spiro atoms. The Bertz CT molecular complexity index is 617. The maximum Gasteiger partial charge on any atom is 0.127 e. The van der Waals surface area contributed by atoms with Crippen LogP contribution in [0.25, 0.3) is 0 Å². The molecule has 1 unspecified atom stereocenters. The first-order valence-corrected chi connectivity index (χ1v) is 6.90. The van der Waals surface area contributed by atoms with Crippen LogP contribution in [0.3, 0.4) is 0 Å². The Hall–Kier alpha value is -1.39. The Kier molecular flexibility index (Phi) is 3.29. The van der Waals surface area contributed by atoms with Gasteiger partial charge >= 0.3 is 0 Å². The summed E-state index contributed by atoms with van der Waals surface area (Å²) in [5.41, 5.74) is 7.93. The van der Waals surface area contributed by atoms with Crippen molar-refractivity contribution in [3.05, 3.63) is 63.9 Å². The second-order valence-electron chi connectivity index (χ2n) is 4.65. The topological polar surface area (TPSA) is 35.2 Å². The summed E-state index contributed by atoms with van der Waals surface area (Å²) < 4.78 is 20.2. The number of hydrogen-bond acceptors (Lipinski definition) is 2. The zero-order valence-corrected chi connectivity index (χ0v) is 11.7. The molecule has 1 heterocycles. The van der Waals surface area contributed by atoms with Crippen molar-refractivity contribution < 1.29 is 9.13 Å². The van der Waals surface area contributed by atoms with Gasteiger partial charge in [-0.1, -0.05) is 34.1 Å². The molecule has 2 aromatic rings. The SMILES string of the molecule is N[C@@H]1CC(c2ccccc2Br)Oc2ccc(F)cc21. The lowest BCUT2D eigenvalue weighted by Crippen LogP contribution is -2.24. The zero-order valence-electron chi connectivity index (χ0n) is 10.1. The highest BCUT2D eigenvalue weighted by Gasteiger charge is 2.28. The number of ether oxygens (including phenoxy) is 1. The number of nitrogens with two attached hydrogens (primary N) is 1. The van der Waals surface area contributed by atoms with Crippen LogP contribution in [-0.2, 0) is 0 Å². The van der Waals surface area contributed by atoms with E-state index in [1.165, 1.54) is 12.1 Å². The molecule has 0 fully saturated rings. The predicted molar refractivity (Wildman–Crippen MR) is 75.5 cm³/mol. The van der Waals surface area contributed by atoms with E-state index in [4.69, 9.17) is 10.5 Å². The van der Waals surface area contributed by atoms with Gasteiger partial charge in [-0.15, -0.1) is 0 Å². The number of halogens is 2. The van der Waals surface area contributed by atoms with Gasteiger partial charge in [0.2, 0.25) is 0 Å². The van der Waals surface area contributed by atoms with Crippen LogP contribution < -0.4 is 10.5 Å². The Morgan fingerprint density at radius 1 is 1.16 bits per heavy atom. The lowest BCUT2D eigenvalue weighted by Gasteiger charge is -2.31. The zero-order chi connectivity index (χ0) is 13.4. The van der Waals surface area contributed by atoms with E-state index in [-0.39, 0.29) is 18.0 Å². The fourth-order valence-electron chi connectivity index (χ4n) is 2.40. The van der Waals surface area contributed by atoms with Gasteiger partial charge in [0.1, 0.15) is 17.7 Å². The molecule has 0 amide bonds. The molecule has 2 nitrogen and oxygen atoms in total. The summed E-state index contributed by atoms with van der Waals surface area (Å²) in [4.78, 5) is 0. The summed E-state index contributed by atoms with van der Waals surface area (Å²) in [5, 5.41) is 0. The molecule has 0 saturated carbocycles. The van der Waals surface area contributed by atoms with E-state index >= 15 is 0 Å². The van der Waals surface area contributed by atoms with Crippen molar-refractivity contribution >= 4 is 15.9 Å². The third kappa shape index (κ3) is 2.38. The van der Waals surface area contributed by atoms with Crippen LogP contribution in [-0.4, -0.2) is 0 Å². The van der Waals surface area contributed by atoms with Gasteiger partial charge in [-0.25, -0.2) is 4.39 Å². The van der Waals surface area contributed by atoms with Crippen molar-refractivity contribution in [1.82, 2.24) is 0 Å². The summed E-state index contributed by atoms with van der Waals surface area (Å²) in [6, 6.07) is 12.2. The fraction of sp³-hybridized carbons (Fsp3) is 0.200. The standard InChI is InChI=1S/C15H13BrFNO/c16-12-4-2-1-3-10(12)15-8-13(18)11-7-9(17)5-6-14(11)19-15/h1-7,13,15H,8,18H2/t13-,15?/m1/s1. The highest BCUT2D eigenvalue weighted by atomic mass is 79.9. The average Bonchev–Trinajstić information content (AvgIpc) is 2.40. The number of fused-ring (bicyclic) bond motifs is 1. The second-order valence-corrected chi connectivity index (χ2v) is 5.51. The maximum atomic E-state index is 13.2. The Morgan fingerprint density at radius 3 is 2.74 bits per heavy atom. The Morgan fingerprint density at radius 2 is 1.95 bits per heavy atom. The van der Waals surface area contributed by atoms with E-state index < -0.39 is 0 Å². The van der Waals surface area contributed by atoms with E-state index in [1.807, 2.05) is 24.3 Å². The van der Waals surface area contributed by atoms with E-state index in [0.717, 1.165) is 15.6 Å². The molecule has 2 N–H and O–H groups in total. The summed E-state index contributed by atoms with van der Waals surface area (Å²) in [5.74, 6) is 0.387. The maximum absolute atomic E-state index is 13.2. The number of rotatable bonds is 1.